The van der Waals surface area contributed by atoms with Crippen LogP contribution < -0.4 is 16.0 Å². The topological polar surface area (TPSA) is 65.5 Å². The number of hydrogen-bond donors (Lipinski definition) is 3. The molecule has 0 radical (unpaired) electrons. The summed E-state index contributed by atoms with van der Waals surface area (Å²) in [7, 11) is 1.77. The fraction of sp³-hybridized carbons (Fsp3) is 0.368. The molecule has 0 aliphatic heterocycles. The van der Waals surface area contributed by atoms with Crippen LogP contribution in [0.5, 0.6) is 0 Å². The van der Waals surface area contributed by atoms with E-state index in [1.807, 2.05) is 31.2 Å². The van der Waals surface area contributed by atoms with Gasteiger partial charge in [-0.3, -0.25) is 9.79 Å². The average molecular weight is 359 g/mol. The van der Waals surface area contributed by atoms with Gasteiger partial charge in [0.05, 0.1) is 0 Å². The molecular weight excluding hydrogens is 332 g/mol. The number of nitrogens with one attached hydrogen (secondary N) is 3. The molecule has 0 bridgehead atoms. The van der Waals surface area contributed by atoms with Crippen molar-refractivity contribution in [2.75, 3.05) is 20.1 Å². The number of thiophene rings is 1. The van der Waals surface area contributed by atoms with Crippen LogP contribution in [0.1, 0.15) is 40.6 Å². The zero-order valence-corrected chi connectivity index (χ0v) is 15.8. The van der Waals surface area contributed by atoms with Gasteiger partial charge in [0.25, 0.3) is 5.91 Å². The Bertz CT molecular complexity index is 680. The second kappa shape index (κ2) is 9.84. The van der Waals surface area contributed by atoms with Crippen molar-refractivity contribution in [3.8, 4) is 0 Å². The molecule has 6 heteroatoms. The fourth-order valence-corrected chi connectivity index (χ4v) is 3.15. The summed E-state index contributed by atoms with van der Waals surface area (Å²) >= 11 is 1.77. The van der Waals surface area contributed by atoms with E-state index in [-0.39, 0.29) is 5.91 Å². The van der Waals surface area contributed by atoms with E-state index in [9.17, 15) is 4.79 Å². The Hall–Kier alpha value is -2.34. The second-order valence-electron chi connectivity index (χ2n) is 5.78. The van der Waals surface area contributed by atoms with Crippen molar-refractivity contribution in [3.05, 3.63) is 57.8 Å². The highest BCUT2D eigenvalue weighted by atomic mass is 32.1. The Balaban J connectivity index is 1.81. The molecule has 1 atom stereocenters. The lowest BCUT2D eigenvalue weighted by Crippen LogP contribution is -2.38. The van der Waals surface area contributed by atoms with E-state index in [2.05, 4.69) is 45.4 Å². The first-order valence-electron chi connectivity index (χ1n) is 8.49. The van der Waals surface area contributed by atoms with Crippen LogP contribution >= 0.6 is 11.3 Å². The summed E-state index contributed by atoms with van der Waals surface area (Å²) in [6.07, 6.45) is 0. The quantitative estimate of drug-likeness (QED) is 0.527. The average Bonchev–Trinajstić information content (AvgIpc) is 3.17. The van der Waals surface area contributed by atoms with Gasteiger partial charge >= 0.3 is 0 Å². The maximum absolute atomic E-state index is 11.8. The SMILES string of the molecule is CCNC(=O)c1ccc(CNC(=NC)NCC(C)c2cccs2)cc1. The van der Waals surface area contributed by atoms with E-state index < -0.39 is 0 Å². The van der Waals surface area contributed by atoms with Gasteiger partial charge in [-0.15, -0.1) is 11.3 Å². The van der Waals surface area contributed by atoms with E-state index >= 15 is 0 Å². The number of nitrogens with zero attached hydrogens (tertiary/aromatic N) is 1. The Labute approximate surface area is 153 Å². The summed E-state index contributed by atoms with van der Waals surface area (Å²) in [5.41, 5.74) is 1.78. The van der Waals surface area contributed by atoms with Crippen LogP contribution in [-0.4, -0.2) is 32.0 Å². The van der Waals surface area contributed by atoms with Gasteiger partial charge in [-0.25, -0.2) is 0 Å². The van der Waals surface area contributed by atoms with Crippen molar-refractivity contribution >= 4 is 23.2 Å². The highest BCUT2D eigenvalue weighted by Crippen LogP contribution is 2.19. The third kappa shape index (κ3) is 5.90. The van der Waals surface area contributed by atoms with E-state index in [1.54, 1.807) is 18.4 Å². The number of benzene rings is 1. The van der Waals surface area contributed by atoms with Crippen LogP contribution in [0.25, 0.3) is 0 Å². The zero-order valence-electron chi connectivity index (χ0n) is 15.0. The number of amides is 1. The normalized spacial score (nSPS) is 12.5. The van der Waals surface area contributed by atoms with Crippen molar-refractivity contribution in [2.24, 2.45) is 4.99 Å². The molecule has 1 amide bonds. The first-order chi connectivity index (χ1) is 12.1. The molecule has 1 aromatic carbocycles. The summed E-state index contributed by atoms with van der Waals surface area (Å²) < 4.78 is 0. The molecule has 0 saturated heterocycles. The molecule has 3 N–H and O–H groups in total. The minimum atomic E-state index is -0.0398. The van der Waals surface area contributed by atoms with Crippen molar-refractivity contribution in [1.29, 1.82) is 0 Å². The molecule has 25 heavy (non-hydrogen) atoms. The lowest BCUT2D eigenvalue weighted by atomic mass is 10.1. The maximum Gasteiger partial charge on any atom is 0.251 e. The molecule has 1 unspecified atom stereocenters. The monoisotopic (exact) mass is 358 g/mol. The number of aliphatic imine (C=N–C) groups is 1. The molecule has 0 aliphatic rings. The zero-order chi connectivity index (χ0) is 18.1. The van der Waals surface area contributed by atoms with Gasteiger partial charge in [0.2, 0.25) is 0 Å². The van der Waals surface area contributed by atoms with Crippen LogP contribution in [0.4, 0.5) is 0 Å². The third-order valence-electron chi connectivity index (χ3n) is 3.84. The summed E-state index contributed by atoms with van der Waals surface area (Å²) in [5.74, 6) is 1.17. The summed E-state index contributed by atoms with van der Waals surface area (Å²) in [4.78, 5) is 17.4. The van der Waals surface area contributed by atoms with Crippen LogP contribution in [0, 0.1) is 0 Å². The summed E-state index contributed by atoms with van der Waals surface area (Å²) in [6, 6.07) is 11.8. The molecule has 0 spiro atoms. The standard InChI is InChI=1S/C19H26N4OS/c1-4-21-18(24)16-9-7-15(8-10-16)13-23-19(20-3)22-12-14(2)17-6-5-11-25-17/h5-11,14H,4,12-13H2,1-3H3,(H,21,24)(H2,20,22,23). The van der Waals surface area contributed by atoms with Gasteiger partial charge in [-0.2, -0.15) is 0 Å². The summed E-state index contributed by atoms with van der Waals surface area (Å²) in [6.45, 7) is 6.23. The third-order valence-corrected chi connectivity index (χ3v) is 4.95. The van der Waals surface area contributed by atoms with Crippen LogP contribution in [0.15, 0.2) is 46.8 Å². The highest BCUT2D eigenvalue weighted by Gasteiger charge is 2.08. The molecule has 0 aliphatic carbocycles. The van der Waals surface area contributed by atoms with E-state index in [1.165, 1.54) is 4.88 Å². The minimum Gasteiger partial charge on any atom is -0.356 e. The molecule has 0 saturated carbocycles. The van der Waals surface area contributed by atoms with Gasteiger partial charge in [-0.1, -0.05) is 25.1 Å². The molecular formula is C19H26N4OS. The molecule has 2 rings (SSSR count). The Morgan fingerprint density at radius 1 is 1.16 bits per heavy atom. The first-order valence-corrected chi connectivity index (χ1v) is 9.37. The number of carbonyl (C=O) groups excluding carboxylic acids is 1. The minimum absolute atomic E-state index is 0.0398. The molecule has 1 heterocycles. The number of hydrogen-bond acceptors (Lipinski definition) is 3. The van der Waals surface area contributed by atoms with E-state index in [0.29, 0.717) is 24.6 Å². The summed E-state index contributed by atoms with van der Waals surface area (Å²) in [5, 5.41) is 11.6. The molecule has 5 nitrogen and oxygen atoms in total. The lowest BCUT2D eigenvalue weighted by Gasteiger charge is -2.15. The predicted octanol–water partition coefficient (Wildman–Crippen LogP) is 2.97. The van der Waals surface area contributed by atoms with Crippen LogP contribution in [-0.2, 0) is 6.54 Å². The molecule has 0 fully saturated rings. The van der Waals surface area contributed by atoms with Gasteiger partial charge in [-0.05, 0) is 36.1 Å². The van der Waals surface area contributed by atoms with Gasteiger partial charge in [0.15, 0.2) is 5.96 Å². The van der Waals surface area contributed by atoms with Crippen molar-refractivity contribution in [1.82, 2.24) is 16.0 Å². The largest absolute Gasteiger partial charge is 0.356 e. The Morgan fingerprint density at radius 2 is 1.92 bits per heavy atom. The Morgan fingerprint density at radius 3 is 2.52 bits per heavy atom. The van der Waals surface area contributed by atoms with Crippen LogP contribution in [0.3, 0.4) is 0 Å². The first kappa shape index (κ1) is 19.0. The predicted molar refractivity (Wildman–Crippen MR) is 105 cm³/mol. The van der Waals surface area contributed by atoms with Crippen molar-refractivity contribution < 1.29 is 4.79 Å². The van der Waals surface area contributed by atoms with E-state index in [0.717, 1.165) is 18.1 Å². The lowest BCUT2D eigenvalue weighted by molar-refractivity contribution is 0.0956. The fourth-order valence-electron chi connectivity index (χ4n) is 2.37. The number of guanidine groups is 1. The van der Waals surface area contributed by atoms with Gasteiger partial charge in [0.1, 0.15) is 0 Å². The van der Waals surface area contributed by atoms with Crippen LogP contribution in [0.2, 0.25) is 0 Å². The molecule has 2 aromatic rings. The molecule has 1 aromatic heterocycles. The van der Waals surface area contributed by atoms with Crippen molar-refractivity contribution in [2.45, 2.75) is 26.3 Å². The number of rotatable bonds is 7. The maximum atomic E-state index is 11.8. The molecule has 134 valence electrons. The second-order valence-corrected chi connectivity index (χ2v) is 6.76. The van der Waals surface area contributed by atoms with Crippen molar-refractivity contribution in [3.63, 3.8) is 0 Å². The van der Waals surface area contributed by atoms with Gasteiger partial charge < -0.3 is 16.0 Å². The Kier molecular flexibility index (Phi) is 7.47. The van der Waals surface area contributed by atoms with Gasteiger partial charge in [0, 0.05) is 43.0 Å². The smallest absolute Gasteiger partial charge is 0.251 e. The highest BCUT2D eigenvalue weighted by molar-refractivity contribution is 7.10. The van der Waals surface area contributed by atoms with E-state index in [4.69, 9.17) is 0 Å². The number of carbonyl (C=O) groups is 1.